The van der Waals surface area contributed by atoms with Gasteiger partial charge < -0.3 is 10.3 Å². The van der Waals surface area contributed by atoms with Gasteiger partial charge in [0.05, 0.1) is 0 Å². The van der Waals surface area contributed by atoms with Crippen LogP contribution in [0.1, 0.15) is 5.56 Å². The third-order valence-electron chi connectivity index (χ3n) is 2.96. The number of imide groups is 1. The number of carbonyl (C=O) groups is 2. The van der Waals surface area contributed by atoms with Crippen molar-refractivity contribution in [3.63, 3.8) is 0 Å². The van der Waals surface area contributed by atoms with Crippen LogP contribution in [0, 0.1) is 0 Å². The average molecular weight is 269 g/mol. The van der Waals surface area contributed by atoms with Crippen LogP contribution < -0.4 is 10.6 Å². The van der Waals surface area contributed by atoms with E-state index in [1.54, 1.807) is 0 Å². The van der Waals surface area contributed by atoms with E-state index in [1.807, 2.05) is 30.5 Å². The van der Waals surface area contributed by atoms with Crippen LogP contribution in [0.5, 0.6) is 0 Å². The van der Waals surface area contributed by atoms with E-state index < -0.39 is 12.1 Å². The number of carbonyl (C=O) groups excluding carboxylic acids is 2. The molecule has 3 rings (SSSR count). The number of urea groups is 1. The van der Waals surface area contributed by atoms with Gasteiger partial charge in [0.1, 0.15) is 6.04 Å². The first-order chi connectivity index (χ1) is 8.24. The Balaban J connectivity index is 0.00000120. The monoisotopic (exact) mass is 269 g/mol. The normalized spacial score (nSPS) is 18.3. The third-order valence-corrected chi connectivity index (χ3v) is 2.96. The summed E-state index contributed by atoms with van der Waals surface area (Å²) in [4.78, 5) is 25.6. The van der Waals surface area contributed by atoms with Gasteiger partial charge in [0.25, 0.3) is 5.91 Å². The number of hydrogen-bond acceptors (Lipinski definition) is 2. The van der Waals surface area contributed by atoms with Crippen molar-refractivity contribution in [2.24, 2.45) is 0 Å². The summed E-state index contributed by atoms with van der Waals surface area (Å²) in [6.45, 7) is 0. The second kappa shape index (κ2) is 5.54. The number of hydrogen-bond donors (Lipinski definition) is 3. The molecule has 0 aliphatic carbocycles. The van der Waals surface area contributed by atoms with Crippen LogP contribution in [0.15, 0.2) is 30.5 Å². The molecule has 0 radical (unpaired) electrons. The van der Waals surface area contributed by atoms with Gasteiger partial charge >= 0.3 is 57.4 Å². The molecule has 6 heteroatoms. The number of para-hydroxylation sites is 1. The summed E-state index contributed by atoms with van der Waals surface area (Å²) in [6, 6.07) is 6.99. The van der Waals surface area contributed by atoms with Gasteiger partial charge in [-0.05, 0) is 11.6 Å². The molecule has 1 unspecified atom stereocenters. The summed E-state index contributed by atoms with van der Waals surface area (Å²) in [6.07, 6.45) is 2.38. The zero-order chi connectivity index (χ0) is 11.8. The Morgan fingerprint density at radius 1 is 1.17 bits per heavy atom. The Morgan fingerprint density at radius 3 is 2.67 bits per heavy atom. The Bertz CT molecular complexity index is 608. The van der Waals surface area contributed by atoms with E-state index in [4.69, 9.17) is 0 Å². The molecule has 1 atom stereocenters. The number of aromatic nitrogens is 1. The van der Waals surface area contributed by atoms with E-state index in [9.17, 15) is 9.59 Å². The molecule has 1 fully saturated rings. The molecular formula is C12H12KN3O2. The molecule has 1 saturated heterocycles. The van der Waals surface area contributed by atoms with Crippen LogP contribution in [0.25, 0.3) is 10.9 Å². The molecule has 2 aromatic rings. The van der Waals surface area contributed by atoms with Gasteiger partial charge in [0.15, 0.2) is 0 Å². The molecule has 5 nitrogen and oxygen atoms in total. The summed E-state index contributed by atoms with van der Waals surface area (Å²) < 4.78 is 0. The zero-order valence-corrected chi connectivity index (χ0v) is 8.99. The van der Waals surface area contributed by atoms with Gasteiger partial charge in [-0.3, -0.25) is 10.1 Å². The van der Waals surface area contributed by atoms with Crippen molar-refractivity contribution in [2.45, 2.75) is 12.5 Å². The number of H-pyrrole nitrogens is 1. The molecular weight excluding hydrogens is 257 g/mol. The Kier molecular flexibility index (Phi) is 4.24. The maximum atomic E-state index is 11.4. The minimum absolute atomic E-state index is 0. The number of fused-ring (bicyclic) bond motifs is 1. The first-order valence-corrected chi connectivity index (χ1v) is 5.40. The van der Waals surface area contributed by atoms with E-state index >= 15 is 0 Å². The molecule has 0 bridgehead atoms. The van der Waals surface area contributed by atoms with Crippen molar-refractivity contribution in [3.8, 4) is 0 Å². The third kappa shape index (κ3) is 2.52. The van der Waals surface area contributed by atoms with Crippen LogP contribution in [0.2, 0.25) is 0 Å². The first-order valence-electron chi connectivity index (χ1n) is 5.40. The Hall–Kier alpha value is -0.664. The summed E-state index contributed by atoms with van der Waals surface area (Å²) in [7, 11) is 0. The fraction of sp³-hybridized carbons (Fsp3) is 0.167. The number of aromatic amines is 1. The molecule has 2 heterocycles. The minimum atomic E-state index is -0.471. The van der Waals surface area contributed by atoms with Crippen LogP contribution in [0.4, 0.5) is 4.79 Å². The van der Waals surface area contributed by atoms with Crippen molar-refractivity contribution in [1.29, 1.82) is 0 Å². The molecule has 0 saturated carbocycles. The molecule has 3 N–H and O–H groups in total. The van der Waals surface area contributed by atoms with Crippen molar-refractivity contribution in [3.05, 3.63) is 36.0 Å². The molecule has 3 amide bonds. The van der Waals surface area contributed by atoms with Crippen molar-refractivity contribution in [1.82, 2.24) is 15.6 Å². The molecule has 1 aliphatic heterocycles. The average Bonchev–Trinajstić information content (AvgIpc) is 2.85. The second-order valence-corrected chi connectivity index (χ2v) is 4.08. The van der Waals surface area contributed by atoms with E-state index in [1.165, 1.54) is 0 Å². The fourth-order valence-corrected chi connectivity index (χ4v) is 2.12. The van der Waals surface area contributed by atoms with E-state index in [0.717, 1.165) is 16.5 Å². The second-order valence-electron chi connectivity index (χ2n) is 4.08. The summed E-state index contributed by atoms with van der Waals surface area (Å²) in [5.74, 6) is -0.264. The quantitative estimate of drug-likeness (QED) is 0.541. The first kappa shape index (κ1) is 13.8. The number of rotatable bonds is 2. The van der Waals surface area contributed by atoms with Gasteiger partial charge in [0, 0.05) is 23.5 Å². The van der Waals surface area contributed by atoms with Gasteiger partial charge in [-0.15, -0.1) is 0 Å². The van der Waals surface area contributed by atoms with Crippen molar-refractivity contribution >= 4 is 74.2 Å². The molecule has 1 aromatic heterocycles. The topological polar surface area (TPSA) is 74.0 Å². The number of amides is 3. The van der Waals surface area contributed by atoms with Crippen LogP contribution >= 0.6 is 0 Å². The molecule has 88 valence electrons. The van der Waals surface area contributed by atoms with Gasteiger partial charge in [0.2, 0.25) is 0 Å². The van der Waals surface area contributed by atoms with Gasteiger partial charge in [-0.25, -0.2) is 4.79 Å². The summed E-state index contributed by atoms with van der Waals surface area (Å²) in [5, 5.41) is 5.91. The predicted octanol–water partition coefficient (Wildman–Crippen LogP) is 0.270. The summed E-state index contributed by atoms with van der Waals surface area (Å²) >= 11 is 0. The predicted molar refractivity (Wildman–Crippen MR) is 69.6 cm³/mol. The SMILES string of the molecule is O=C1NC(=O)C(Cc2c[nH]c3ccccc23)N1.[KH]. The van der Waals surface area contributed by atoms with E-state index in [-0.39, 0.29) is 57.3 Å². The number of benzene rings is 1. The van der Waals surface area contributed by atoms with E-state index in [0.29, 0.717) is 6.42 Å². The molecule has 1 aromatic carbocycles. The van der Waals surface area contributed by atoms with Gasteiger partial charge in [-0.2, -0.15) is 0 Å². The number of nitrogens with one attached hydrogen (secondary N) is 3. The molecule has 1 aliphatic rings. The molecule has 0 spiro atoms. The van der Waals surface area contributed by atoms with Crippen molar-refractivity contribution < 1.29 is 9.59 Å². The maximum absolute atomic E-state index is 11.4. The van der Waals surface area contributed by atoms with Crippen LogP contribution in [-0.2, 0) is 11.2 Å². The van der Waals surface area contributed by atoms with E-state index in [2.05, 4.69) is 15.6 Å². The van der Waals surface area contributed by atoms with Crippen LogP contribution in [0.3, 0.4) is 0 Å². The Morgan fingerprint density at radius 2 is 1.94 bits per heavy atom. The molecule has 18 heavy (non-hydrogen) atoms. The standard InChI is InChI=1S/C12H11N3O2.K.H/c16-11-10(14-12(17)15-11)5-7-6-13-9-4-2-1-3-8(7)9;;/h1-4,6,10,13H,5H2,(H2,14,15,16,17);;. The fourth-order valence-electron chi connectivity index (χ4n) is 2.12. The van der Waals surface area contributed by atoms with Crippen LogP contribution in [-0.4, -0.2) is 74.3 Å². The van der Waals surface area contributed by atoms with Gasteiger partial charge in [-0.1, -0.05) is 18.2 Å². The zero-order valence-electron chi connectivity index (χ0n) is 8.99. The summed E-state index contributed by atoms with van der Waals surface area (Å²) in [5.41, 5.74) is 2.06. The Labute approximate surface area is 146 Å². The van der Waals surface area contributed by atoms with Crippen molar-refractivity contribution in [2.75, 3.05) is 0 Å².